The molecule has 6 nitrogen and oxygen atoms in total. The maximum absolute atomic E-state index is 12.4. The van der Waals surface area contributed by atoms with Gasteiger partial charge in [-0.05, 0) is 56.5 Å². The van der Waals surface area contributed by atoms with E-state index in [1.54, 1.807) is 14.2 Å². The van der Waals surface area contributed by atoms with Crippen LogP contribution in [0.4, 0.5) is 5.69 Å². The second-order valence-electron chi connectivity index (χ2n) is 9.03. The summed E-state index contributed by atoms with van der Waals surface area (Å²) < 4.78 is 10.8. The number of amides is 1. The molecule has 2 bridgehead atoms. The number of thiocarbonyl (C=S) groups is 1. The van der Waals surface area contributed by atoms with Crippen LogP contribution in [0.2, 0.25) is 0 Å². The summed E-state index contributed by atoms with van der Waals surface area (Å²) in [7, 11) is 3.28. The van der Waals surface area contributed by atoms with Crippen molar-refractivity contribution in [2.24, 2.45) is 5.41 Å². The predicted molar refractivity (Wildman–Crippen MR) is 120 cm³/mol. The number of nitrogens with one attached hydrogen (secondary N) is 2. The van der Waals surface area contributed by atoms with E-state index in [9.17, 15) is 4.79 Å². The monoisotopic (exact) mass is 419 g/mol. The molecule has 1 aromatic carbocycles. The highest BCUT2D eigenvalue weighted by Gasteiger charge is 2.40. The van der Waals surface area contributed by atoms with Crippen molar-refractivity contribution in [1.82, 2.24) is 10.2 Å². The lowest BCUT2D eigenvalue weighted by Gasteiger charge is -2.50. The summed E-state index contributed by atoms with van der Waals surface area (Å²) in [6, 6.07) is 6.57. The van der Waals surface area contributed by atoms with E-state index in [1.807, 2.05) is 39.0 Å². The van der Waals surface area contributed by atoms with Crippen LogP contribution in [-0.2, 0) is 4.79 Å². The molecule has 0 spiro atoms. The van der Waals surface area contributed by atoms with Crippen LogP contribution in [0.25, 0.3) is 0 Å². The minimum Gasteiger partial charge on any atom is -0.497 e. The molecule has 2 heterocycles. The summed E-state index contributed by atoms with van der Waals surface area (Å²) in [4.78, 5) is 14.8. The van der Waals surface area contributed by atoms with E-state index in [4.69, 9.17) is 21.7 Å². The molecule has 2 N–H and O–H groups in total. The average molecular weight is 420 g/mol. The van der Waals surface area contributed by atoms with Crippen LogP contribution in [0, 0.1) is 5.41 Å². The molecule has 1 aromatic rings. The van der Waals surface area contributed by atoms with Crippen LogP contribution in [0.1, 0.15) is 52.9 Å². The van der Waals surface area contributed by atoms with E-state index < -0.39 is 0 Å². The molecule has 2 saturated heterocycles. The van der Waals surface area contributed by atoms with Gasteiger partial charge in [-0.2, -0.15) is 0 Å². The Morgan fingerprint density at radius 3 is 2.34 bits per heavy atom. The van der Waals surface area contributed by atoms with Crippen molar-refractivity contribution < 1.29 is 14.3 Å². The van der Waals surface area contributed by atoms with Gasteiger partial charge < -0.3 is 25.0 Å². The molecule has 0 aliphatic carbocycles. The number of piperidine rings is 2. The maximum atomic E-state index is 12.4. The Morgan fingerprint density at radius 2 is 1.79 bits per heavy atom. The van der Waals surface area contributed by atoms with Gasteiger partial charge in [-0.25, -0.2) is 0 Å². The van der Waals surface area contributed by atoms with Crippen LogP contribution in [0.3, 0.4) is 0 Å². The molecule has 1 amide bonds. The van der Waals surface area contributed by atoms with Gasteiger partial charge >= 0.3 is 0 Å². The van der Waals surface area contributed by atoms with Gasteiger partial charge in [-0.1, -0.05) is 20.8 Å². The molecule has 0 unspecified atom stereocenters. The topological polar surface area (TPSA) is 62.8 Å². The van der Waals surface area contributed by atoms with Crippen molar-refractivity contribution in [3.63, 3.8) is 0 Å². The zero-order valence-corrected chi connectivity index (χ0v) is 18.9. The van der Waals surface area contributed by atoms with Gasteiger partial charge in [0.2, 0.25) is 5.91 Å². The van der Waals surface area contributed by atoms with Crippen molar-refractivity contribution in [2.45, 2.75) is 71.0 Å². The van der Waals surface area contributed by atoms with Crippen LogP contribution in [0.5, 0.6) is 11.5 Å². The number of anilines is 1. The molecule has 2 fully saturated rings. The number of fused-ring (bicyclic) bond motifs is 2. The lowest BCUT2D eigenvalue weighted by atomic mass is 9.81. The van der Waals surface area contributed by atoms with Gasteiger partial charge in [0, 0.05) is 29.6 Å². The highest BCUT2D eigenvalue weighted by Crippen LogP contribution is 2.36. The van der Waals surface area contributed by atoms with Crippen molar-refractivity contribution in [3.05, 3.63) is 18.2 Å². The number of benzene rings is 1. The Morgan fingerprint density at radius 1 is 1.14 bits per heavy atom. The minimum atomic E-state index is -0.367. The zero-order valence-electron chi connectivity index (χ0n) is 18.1. The summed E-state index contributed by atoms with van der Waals surface area (Å²) in [6.45, 7) is 5.87. The molecule has 160 valence electrons. The van der Waals surface area contributed by atoms with E-state index in [-0.39, 0.29) is 17.4 Å². The number of carbonyl (C=O) groups is 1. The lowest BCUT2D eigenvalue weighted by molar-refractivity contribution is -0.129. The van der Waals surface area contributed by atoms with Crippen LogP contribution in [-0.4, -0.2) is 48.3 Å². The number of ether oxygens (including phenoxy) is 2. The first kappa shape index (κ1) is 21.7. The largest absolute Gasteiger partial charge is 0.497 e. The first-order valence-corrected chi connectivity index (χ1v) is 10.8. The molecule has 2 aliphatic heterocycles. The summed E-state index contributed by atoms with van der Waals surface area (Å²) in [5.41, 5.74) is 0.466. The zero-order chi connectivity index (χ0) is 21.2. The van der Waals surface area contributed by atoms with Gasteiger partial charge in [0.05, 0.1) is 19.9 Å². The van der Waals surface area contributed by atoms with Crippen molar-refractivity contribution in [2.75, 3.05) is 19.5 Å². The molecule has 2 atom stereocenters. The van der Waals surface area contributed by atoms with Crippen LogP contribution >= 0.6 is 12.2 Å². The van der Waals surface area contributed by atoms with E-state index in [1.165, 1.54) is 6.42 Å². The SMILES string of the molecule is COc1ccc(NC(=S)N2[C@H]3CCC[C@H]2CC(NC(=O)C(C)(C)C)C3)c(OC)c1. The van der Waals surface area contributed by atoms with Gasteiger partial charge in [0.15, 0.2) is 5.11 Å². The van der Waals surface area contributed by atoms with Gasteiger partial charge in [0.25, 0.3) is 0 Å². The molecule has 2 aliphatic rings. The molecular formula is C22H33N3O3S. The van der Waals surface area contributed by atoms with E-state index >= 15 is 0 Å². The number of hydrogen-bond donors (Lipinski definition) is 2. The highest BCUT2D eigenvalue weighted by atomic mass is 32.1. The smallest absolute Gasteiger partial charge is 0.225 e. The Labute approximate surface area is 179 Å². The maximum Gasteiger partial charge on any atom is 0.225 e. The average Bonchev–Trinajstić information content (AvgIpc) is 2.66. The Balaban J connectivity index is 1.70. The van der Waals surface area contributed by atoms with E-state index in [0.717, 1.165) is 42.2 Å². The van der Waals surface area contributed by atoms with E-state index in [2.05, 4.69) is 15.5 Å². The molecule has 3 rings (SSSR count). The Bertz CT molecular complexity index is 748. The minimum absolute atomic E-state index is 0.123. The van der Waals surface area contributed by atoms with Crippen LogP contribution < -0.4 is 20.1 Å². The van der Waals surface area contributed by atoms with Gasteiger partial charge in [-0.15, -0.1) is 0 Å². The van der Waals surface area contributed by atoms with E-state index in [0.29, 0.717) is 17.8 Å². The number of hydrogen-bond acceptors (Lipinski definition) is 4. The molecule has 29 heavy (non-hydrogen) atoms. The fourth-order valence-electron chi connectivity index (χ4n) is 4.31. The highest BCUT2D eigenvalue weighted by molar-refractivity contribution is 7.80. The summed E-state index contributed by atoms with van der Waals surface area (Å²) in [5.74, 6) is 1.56. The molecule has 0 saturated carbocycles. The van der Waals surface area contributed by atoms with Crippen LogP contribution in [0.15, 0.2) is 18.2 Å². The number of rotatable bonds is 4. The predicted octanol–water partition coefficient (Wildman–Crippen LogP) is 3.95. The Hall–Kier alpha value is -2.02. The third-order valence-electron chi connectivity index (χ3n) is 5.88. The summed E-state index contributed by atoms with van der Waals surface area (Å²) in [5, 5.41) is 7.37. The van der Waals surface area contributed by atoms with Gasteiger partial charge in [0.1, 0.15) is 11.5 Å². The first-order valence-electron chi connectivity index (χ1n) is 10.3. The first-order chi connectivity index (χ1) is 13.7. The van der Waals surface area contributed by atoms with Crippen molar-refractivity contribution in [3.8, 4) is 11.5 Å². The fraction of sp³-hybridized carbons (Fsp3) is 0.636. The quantitative estimate of drug-likeness (QED) is 0.721. The normalized spacial score (nSPS) is 23.9. The number of methoxy groups -OCH3 is 2. The second-order valence-corrected chi connectivity index (χ2v) is 9.42. The summed E-state index contributed by atoms with van der Waals surface area (Å²) in [6.07, 6.45) is 5.26. The standard InChI is InChI=1S/C22H33N3O3S/c1-22(2,3)20(26)23-14-11-15-7-6-8-16(12-14)25(15)21(29)24-18-10-9-17(27-4)13-19(18)28-5/h9-10,13-16H,6-8,11-12H2,1-5H3,(H,23,26)(H,24,29)/t15-,16-/m0/s1. The summed E-state index contributed by atoms with van der Waals surface area (Å²) >= 11 is 5.81. The fourth-order valence-corrected chi connectivity index (χ4v) is 4.72. The third-order valence-corrected chi connectivity index (χ3v) is 6.19. The van der Waals surface area contributed by atoms with Crippen molar-refractivity contribution >= 4 is 28.9 Å². The molecular weight excluding hydrogens is 386 g/mol. The second kappa shape index (κ2) is 8.78. The number of nitrogens with zero attached hydrogens (tertiary/aromatic N) is 1. The number of carbonyl (C=O) groups excluding carboxylic acids is 1. The Kier molecular flexibility index (Phi) is 6.56. The molecule has 7 heteroatoms. The third kappa shape index (κ3) is 4.94. The lowest BCUT2D eigenvalue weighted by Crippen LogP contribution is -2.60. The molecule has 0 aromatic heterocycles. The molecule has 0 radical (unpaired) electrons. The van der Waals surface area contributed by atoms with Gasteiger partial charge in [-0.3, -0.25) is 4.79 Å². The van der Waals surface area contributed by atoms with Crippen molar-refractivity contribution in [1.29, 1.82) is 0 Å².